The molecule has 0 saturated carbocycles. The van der Waals surface area contributed by atoms with E-state index in [1.165, 1.54) is 12.3 Å². The van der Waals surface area contributed by atoms with Crippen LogP contribution in [0.1, 0.15) is 31.8 Å². The van der Waals surface area contributed by atoms with Gasteiger partial charge in [0.2, 0.25) is 0 Å². The van der Waals surface area contributed by atoms with Gasteiger partial charge in [0.25, 0.3) is 5.91 Å². The number of pyridine rings is 1. The third-order valence-electron chi connectivity index (χ3n) is 5.97. The van der Waals surface area contributed by atoms with Crippen molar-refractivity contribution in [1.82, 2.24) is 15.2 Å². The number of nitrogens with one attached hydrogen (secondary N) is 1. The zero-order valence-corrected chi connectivity index (χ0v) is 19.3. The van der Waals surface area contributed by atoms with Crippen LogP contribution in [-0.4, -0.2) is 61.0 Å². The van der Waals surface area contributed by atoms with E-state index in [-0.39, 0.29) is 22.7 Å². The summed E-state index contributed by atoms with van der Waals surface area (Å²) >= 11 is 0. The van der Waals surface area contributed by atoms with Crippen LogP contribution in [0.5, 0.6) is 0 Å². The van der Waals surface area contributed by atoms with Crippen LogP contribution in [0.4, 0.5) is 14.5 Å². The molecular formula is C26H26F2N4O3. The molecule has 1 aliphatic heterocycles. The Hall–Kier alpha value is -3.69. The third kappa shape index (κ3) is 5.52. The number of nitrogens with two attached hydrogens (primary N) is 1. The number of amides is 1. The fraction of sp³-hybridized carbons (Fsp3) is 0.269. The first kappa shape index (κ1) is 24.4. The molecule has 1 amide bonds. The van der Waals surface area contributed by atoms with E-state index in [2.05, 4.69) is 15.2 Å². The molecule has 1 fully saturated rings. The van der Waals surface area contributed by atoms with Crippen molar-refractivity contribution in [2.45, 2.75) is 6.92 Å². The van der Waals surface area contributed by atoms with Gasteiger partial charge >= 0.3 is 0 Å². The number of aryl methyl sites for hydroxylation is 1. The Balaban J connectivity index is 1.51. The van der Waals surface area contributed by atoms with Gasteiger partial charge in [-0.05, 0) is 42.8 Å². The van der Waals surface area contributed by atoms with Crippen LogP contribution >= 0.6 is 0 Å². The smallest absolute Gasteiger partial charge is 0.251 e. The first-order chi connectivity index (χ1) is 16.8. The summed E-state index contributed by atoms with van der Waals surface area (Å²) in [5.41, 5.74) is 8.33. The van der Waals surface area contributed by atoms with Crippen LogP contribution in [-0.2, 0) is 4.74 Å². The minimum absolute atomic E-state index is 0.0600. The maximum absolute atomic E-state index is 14.2. The Morgan fingerprint density at radius 3 is 2.57 bits per heavy atom. The number of hydrogen-bond acceptors (Lipinski definition) is 6. The summed E-state index contributed by atoms with van der Waals surface area (Å²) in [5.74, 6) is -2.60. The number of hydrogen-bond donors (Lipinski definition) is 2. The zero-order chi connectivity index (χ0) is 24.9. The molecule has 4 rings (SSSR count). The Labute approximate surface area is 201 Å². The van der Waals surface area contributed by atoms with Gasteiger partial charge < -0.3 is 15.8 Å². The Morgan fingerprint density at radius 2 is 1.86 bits per heavy atom. The summed E-state index contributed by atoms with van der Waals surface area (Å²) in [6.07, 6.45) is 1.41. The summed E-state index contributed by atoms with van der Waals surface area (Å²) < 4.78 is 32.7. The van der Waals surface area contributed by atoms with Crippen molar-refractivity contribution >= 4 is 17.4 Å². The predicted molar refractivity (Wildman–Crippen MR) is 128 cm³/mol. The van der Waals surface area contributed by atoms with Crippen molar-refractivity contribution in [3.05, 3.63) is 82.5 Å². The van der Waals surface area contributed by atoms with Gasteiger partial charge in [0.1, 0.15) is 11.6 Å². The molecule has 1 aliphatic rings. The van der Waals surface area contributed by atoms with E-state index in [1.54, 1.807) is 18.2 Å². The Morgan fingerprint density at radius 1 is 1.09 bits per heavy atom. The largest absolute Gasteiger partial charge is 0.396 e. The molecular weight excluding hydrogens is 454 g/mol. The van der Waals surface area contributed by atoms with E-state index in [0.29, 0.717) is 42.6 Å². The summed E-state index contributed by atoms with van der Waals surface area (Å²) in [5, 5.41) is 2.93. The van der Waals surface area contributed by atoms with E-state index in [1.807, 2.05) is 6.92 Å². The van der Waals surface area contributed by atoms with Crippen molar-refractivity contribution < 1.29 is 23.1 Å². The average Bonchev–Trinajstić information content (AvgIpc) is 2.84. The highest BCUT2D eigenvalue weighted by molar-refractivity contribution is 6.13. The number of aromatic nitrogens is 1. The first-order valence-electron chi connectivity index (χ1n) is 11.3. The lowest BCUT2D eigenvalue weighted by molar-refractivity contribution is 0.0383. The molecule has 2 aromatic carbocycles. The summed E-state index contributed by atoms with van der Waals surface area (Å²) in [4.78, 5) is 32.0. The molecule has 182 valence electrons. The van der Waals surface area contributed by atoms with Crippen molar-refractivity contribution in [3.63, 3.8) is 0 Å². The van der Waals surface area contributed by atoms with Crippen molar-refractivity contribution in [1.29, 1.82) is 0 Å². The fourth-order valence-electron chi connectivity index (χ4n) is 4.03. The average molecular weight is 481 g/mol. The van der Waals surface area contributed by atoms with Gasteiger partial charge in [-0.2, -0.15) is 0 Å². The quantitative estimate of drug-likeness (QED) is 0.504. The molecule has 0 unspecified atom stereocenters. The number of halogens is 2. The lowest BCUT2D eigenvalue weighted by Crippen LogP contribution is -2.41. The normalized spacial score (nSPS) is 14.0. The van der Waals surface area contributed by atoms with Gasteiger partial charge in [0, 0.05) is 55.1 Å². The summed E-state index contributed by atoms with van der Waals surface area (Å²) in [6.45, 7) is 6.21. The number of morpholine rings is 1. The van der Waals surface area contributed by atoms with Gasteiger partial charge in [-0.1, -0.05) is 6.07 Å². The highest BCUT2D eigenvalue weighted by atomic mass is 19.1. The zero-order valence-electron chi connectivity index (χ0n) is 19.3. The van der Waals surface area contributed by atoms with Gasteiger partial charge in [-0.25, -0.2) is 8.78 Å². The summed E-state index contributed by atoms with van der Waals surface area (Å²) in [6, 6.07) is 9.28. The van der Waals surface area contributed by atoms with Gasteiger partial charge in [-0.15, -0.1) is 0 Å². The highest BCUT2D eigenvalue weighted by Crippen LogP contribution is 2.31. The predicted octanol–water partition coefficient (Wildman–Crippen LogP) is 3.21. The van der Waals surface area contributed by atoms with Crippen molar-refractivity contribution in [2.24, 2.45) is 0 Å². The maximum atomic E-state index is 14.2. The molecule has 0 spiro atoms. The fourth-order valence-corrected chi connectivity index (χ4v) is 4.03. The lowest BCUT2D eigenvalue weighted by atomic mass is 9.96. The Bertz CT molecular complexity index is 1260. The highest BCUT2D eigenvalue weighted by Gasteiger charge is 2.21. The van der Waals surface area contributed by atoms with Crippen LogP contribution in [0.25, 0.3) is 11.3 Å². The van der Waals surface area contributed by atoms with E-state index < -0.39 is 17.4 Å². The van der Waals surface area contributed by atoms with Gasteiger partial charge in [0.05, 0.1) is 30.2 Å². The number of anilines is 1. The number of carbonyl (C=O) groups excluding carboxylic acids is 2. The van der Waals surface area contributed by atoms with Crippen molar-refractivity contribution in [3.8, 4) is 11.3 Å². The van der Waals surface area contributed by atoms with Crippen molar-refractivity contribution in [2.75, 3.05) is 45.1 Å². The van der Waals surface area contributed by atoms with E-state index in [4.69, 9.17) is 10.5 Å². The Kier molecular flexibility index (Phi) is 7.48. The SMILES string of the molecule is Cc1cc(C(=O)NCCN2CCOCC2)ccc1-c1nccc(C(=O)c2ccc(F)cc2F)c1N. The number of benzene rings is 2. The van der Waals surface area contributed by atoms with Crippen LogP contribution in [0, 0.1) is 18.6 Å². The molecule has 0 aliphatic carbocycles. The first-order valence-corrected chi connectivity index (χ1v) is 11.3. The lowest BCUT2D eigenvalue weighted by Gasteiger charge is -2.26. The van der Waals surface area contributed by atoms with E-state index in [9.17, 15) is 18.4 Å². The van der Waals surface area contributed by atoms with Crippen LogP contribution in [0.2, 0.25) is 0 Å². The molecule has 0 radical (unpaired) electrons. The number of ketones is 1. The molecule has 3 N–H and O–H groups in total. The molecule has 35 heavy (non-hydrogen) atoms. The molecule has 1 saturated heterocycles. The minimum Gasteiger partial charge on any atom is -0.396 e. The monoisotopic (exact) mass is 480 g/mol. The molecule has 3 aromatic rings. The molecule has 7 nitrogen and oxygen atoms in total. The topological polar surface area (TPSA) is 97.5 Å². The maximum Gasteiger partial charge on any atom is 0.251 e. The molecule has 2 heterocycles. The number of nitrogens with zero attached hydrogens (tertiary/aromatic N) is 2. The van der Waals surface area contributed by atoms with Gasteiger partial charge in [0.15, 0.2) is 5.78 Å². The van der Waals surface area contributed by atoms with E-state index >= 15 is 0 Å². The number of carbonyl (C=O) groups is 2. The summed E-state index contributed by atoms with van der Waals surface area (Å²) in [7, 11) is 0. The van der Waals surface area contributed by atoms with Crippen LogP contribution in [0.3, 0.4) is 0 Å². The second kappa shape index (κ2) is 10.7. The molecule has 0 atom stereocenters. The van der Waals surface area contributed by atoms with E-state index in [0.717, 1.165) is 37.3 Å². The number of rotatable bonds is 7. The minimum atomic E-state index is -0.965. The third-order valence-corrected chi connectivity index (χ3v) is 5.97. The van der Waals surface area contributed by atoms with Gasteiger partial charge in [-0.3, -0.25) is 19.5 Å². The van der Waals surface area contributed by atoms with Crippen LogP contribution in [0.15, 0.2) is 48.7 Å². The second-order valence-corrected chi connectivity index (χ2v) is 8.31. The molecule has 1 aromatic heterocycles. The number of nitrogen functional groups attached to an aromatic ring is 1. The van der Waals surface area contributed by atoms with Crippen LogP contribution < -0.4 is 11.1 Å². The number of ether oxygens (including phenoxy) is 1. The standard InChI is InChI=1S/C26H26F2N4O3/c1-16-14-17(26(34)31-8-9-32-10-12-35-13-11-32)2-4-19(16)24-23(29)21(6-7-30-24)25(33)20-5-3-18(27)15-22(20)28/h2-7,14-15H,8-13,29H2,1H3,(H,31,34). The molecule has 0 bridgehead atoms. The second-order valence-electron chi connectivity index (χ2n) is 8.31. The molecule has 9 heteroatoms.